The van der Waals surface area contributed by atoms with Crippen molar-refractivity contribution in [2.24, 2.45) is 4.99 Å². The predicted octanol–water partition coefficient (Wildman–Crippen LogP) is 17.1. The lowest BCUT2D eigenvalue weighted by atomic mass is 9.85. The van der Waals surface area contributed by atoms with Crippen LogP contribution in [0.5, 0.6) is 0 Å². The van der Waals surface area contributed by atoms with Crippen LogP contribution in [0.1, 0.15) is 22.3 Å². The predicted molar refractivity (Wildman–Crippen MR) is 291 cm³/mol. The molecule has 69 heavy (non-hydrogen) atoms. The highest BCUT2D eigenvalue weighted by Crippen LogP contribution is 2.44. The Morgan fingerprint density at radius 3 is 1.35 bits per heavy atom. The summed E-state index contributed by atoms with van der Waals surface area (Å²) in [7, 11) is 0. The van der Waals surface area contributed by atoms with E-state index in [0.717, 1.165) is 78.7 Å². The number of anilines is 1. The van der Waals surface area contributed by atoms with Gasteiger partial charge in [0.1, 0.15) is 11.7 Å². The summed E-state index contributed by atoms with van der Waals surface area (Å²) >= 11 is 0. The molecular weight excluding hydrogens is 837 g/mol. The van der Waals surface area contributed by atoms with Crippen molar-refractivity contribution in [2.45, 2.75) is 20.8 Å². The molecule has 0 fully saturated rings. The number of imidazole rings is 1. The third-order valence-electron chi connectivity index (χ3n) is 13.2. The van der Waals surface area contributed by atoms with Crippen LogP contribution in [0.2, 0.25) is 0 Å². The highest BCUT2D eigenvalue weighted by molar-refractivity contribution is 6.10. The number of aromatic nitrogens is 2. The number of hydrogen-bond donors (Lipinski definition) is 1. The maximum absolute atomic E-state index is 5.18. The molecule has 10 aromatic carbocycles. The van der Waals surface area contributed by atoms with E-state index >= 15 is 0 Å². The van der Waals surface area contributed by atoms with E-state index in [4.69, 9.17) is 9.98 Å². The van der Waals surface area contributed by atoms with Crippen molar-refractivity contribution in [3.05, 3.63) is 265 Å². The van der Waals surface area contributed by atoms with Crippen LogP contribution in [0.25, 0.3) is 83.7 Å². The second-order valence-electron chi connectivity index (χ2n) is 17.6. The molecule has 11 aromatic rings. The molecule has 0 aliphatic rings. The van der Waals surface area contributed by atoms with Gasteiger partial charge in [-0.1, -0.05) is 212 Å². The van der Waals surface area contributed by atoms with Gasteiger partial charge in [0.15, 0.2) is 0 Å². The molecule has 0 bridgehead atoms. The number of benzene rings is 10. The number of aliphatic imine (C=N–C) groups is 1. The first-order valence-electron chi connectivity index (χ1n) is 23.6. The Balaban J connectivity index is 0.950. The fourth-order valence-corrected chi connectivity index (χ4v) is 9.54. The van der Waals surface area contributed by atoms with E-state index in [2.05, 4.69) is 267 Å². The van der Waals surface area contributed by atoms with E-state index in [1.165, 1.54) is 44.5 Å². The van der Waals surface area contributed by atoms with E-state index in [-0.39, 0.29) is 0 Å². The van der Waals surface area contributed by atoms with Gasteiger partial charge in [-0.2, -0.15) is 0 Å². The summed E-state index contributed by atoms with van der Waals surface area (Å²) in [6.45, 7) is 6.38. The maximum atomic E-state index is 5.18. The number of aryl methyl sites for hydroxylation is 3. The summed E-state index contributed by atoms with van der Waals surface area (Å²) in [5.74, 6) is 1.73. The largest absolute Gasteiger partial charge is 0.339 e. The topological polar surface area (TPSA) is 42.2 Å². The molecule has 0 radical (unpaired) electrons. The Morgan fingerprint density at radius 1 is 0.377 bits per heavy atom. The third-order valence-corrected chi connectivity index (χ3v) is 13.2. The average Bonchev–Trinajstić information content (AvgIpc) is 3.79. The fourth-order valence-electron chi connectivity index (χ4n) is 9.54. The Morgan fingerprint density at radius 2 is 0.797 bits per heavy atom. The van der Waals surface area contributed by atoms with Crippen molar-refractivity contribution in [1.29, 1.82) is 0 Å². The van der Waals surface area contributed by atoms with Crippen LogP contribution < -0.4 is 5.32 Å². The molecule has 0 saturated carbocycles. The molecule has 1 N–H and O–H groups in total. The minimum Gasteiger partial charge on any atom is -0.339 e. The molecular formula is C65H50N4. The van der Waals surface area contributed by atoms with Gasteiger partial charge >= 0.3 is 0 Å². The van der Waals surface area contributed by atoms with Crippen molar-refractivity contribution in [3.63, 3.8) is 0 Å². The van der Waals surface area contributed by atoms with Crippen molar-refractivity contribution < 1.29 is 0 Å². The van der Waals surface area contributed by atoms with E-state index in [9.17, 15) is 0 Å². The van der Waals surface area contributed by atoms with Gasteiger partial charge in [-0.15, -0.1) is 0 Å². The highest BCUT2D eigenvalue weighted by Gasteiger charge is 2.19. The molecule has 0 unspecified atom stereocenters. The Hall–Kier alpha value is -8.86. The Bertz CT molecular complexity index is 3670. The number of amidine groups is 1. The van der Waals surface area contributed by atoms with Gasteiger partial charge in [0.25, 0.3) is 0 Å². The standard InChI is InChI=1S/C65H50N4/c1-44-20-4-15-31-59(44)66-64(67-60-32-16-5-21-45(60)2)49-40-36-47(37-41-49)51-23-7-9-25-53(51)55-27-11-13-29-57(55)58-30-14-12-28-56(58)54-26-10-8-24-52(54)48-38-42-50(43-39-48)65-68-61-33-17-19-35-63(61)69(65)62-34-18-6-22-46(62)3/h4-43H,1-3H3,(H,66,67). The molecule has 0 aliphatic carbocycles. The van der Waals surface area contributed by atoms with Gasteiger partial charge in [-0.3, -0.25) is 4.57 Å². The van der Waals surface area contributed by atoms with Gasteiger partial charge in [-0.05, 0) is 123 Å². The number of hydrogen-bond acceptors (Lipinski definition) is 2. The number of para-hydroxylation sites is 5. The minimum atomic E-state index is 0.801. The van der Waals surface area contributed by atoms with Crippen LogP contribution in [0, 0.1) is 20.8 Å². The highest BCUT2D eigenvalue weighted by atomic mass is 15.1. The number of nitrogens with zero attached hydrogens (tertiary/aromatic N) is 3. The van der Waals surface area contributed by atoms with Gasteiger partial charge in [0.2, 0.25) is 0 Å². The molecule has 0 spiro atoms. The van der Waals surface area contributed by atoms with Crippen LogP contribution in [-0.4, -0.2) is 15.4 Å². The lowest BCUT2D eigenvalue weighted by Crippen LogP contribution is -2.14. The van der Waals surface area contributed by atoms with E-state index in [1.807, 2.05) is 6.07 Å². The van der Waals surface area contributed by atoms with Crippen molar-refractivity contribution in [1.82, 2.24) is 9.55 Å². The zero-order chi connectivity index (χ0) is 46.7. The molecule has 11 rings (SSSR count). The molecule has 0 aliphatic heterocycles. The maximum Gasteiger partial charge on any atom is 0.145 e. The fraction of sp³-hybridized carbons (Fsp3) is 0.0462. The zero-order valence-corrected chi connectivity index (χ0v) is 38.9. The van der Waals surface area contributed by atoms with Crippen LogP contribution >= 0.6 is 0 Å². The van der Waals surface area contributed by atoms with E-state index in [1.54, 1.807) is 0 Å². The van der Waals surface area contributed by atoms with E-state index < -0.39 is 0 Å². The van der Waals surface area contributed by atoms with Gasteiger partial charge in [-0.25, -0.2) is 9.98 Å². The third kappa shape index (κ3) is 8.45. The SMILES string of the molecule is Cc1ccccc1N=C(Nc1ccccc1C)c1ccc(-c2ccccc2-c2ccccc2-c2ccccc2-c2ccccc2-c2ccc(-c3nc4ccccc4n3-c3ccccc3C)cc2)cc1. The second-order valence-corrected chi connectivity index (χ2v) is 17.6. The van der Waals surface area contributed by atoms with Crippen LogP contribution in [0.15, 0.2) is 248 Å². The first-order chi connectivity index (χ1) is 34.0. The van der Waals surface area contributed by atoms with Crippen LogP contribution in [0.3, 0.4) is 0 Å². The van der Waals surface area contributed by atoms with Crippen LogP contribution in [-0.2, 0) is 0 Å². The first-order valence-corrected chi connectivity index (χ1v) is 23.6. The molecule has 0 atom stereocenters. The smallest absolute Gasteiger partial charge is 0.145 e. The molecule has 0 amide bonds. The molecule has 4 heteroatoms. The van der Waals surface area contributed by atoms with Crippen molar-refractivity contribution in [3.8, 4) is 72.7 Å². The van der Waals surface area contributed by atoms with Crippen molar-refractivity contribution >= 4 is 28.2 Å². The zero-order valence-electron chi connectivity index (χ0n) is 38.9. The van der Waals surface area contributed by atoms with Gasteiger partial charge < -0.3 is 5.32 Å². The first kappa shape index (κ1) is 42.8. The Labute approximate surface area is 404 Å². The normalized spacial score (nSPS) is 11.5. The Kier molecular flexibility index (Phi) is 11.6. The molecule has 0 saturated heterocycles. The average molecular weight is 887 g/mol. The summed E-state index contributed by atoms with van der Waals surface area (Å²) in [4.78, 5) is 10.3. The second kappa shape index (κ2) is 18.8. The summed E-state index contributed by atoms with van der Waals surface area (Å²) in [6, 6.07) is 86.4. The summed E-state index contributed by atoms with van der Waals surface area (Å²) in [6.07, 6.45) is 0. The summed E-state index contributed by atoms with van der Waals surface area (Å²) in [5, 5.41) is 3.66. The summed E-state index contributed by atoms with van der Waals surface area (Å²) in [5.41, 5.74) is 22.4. The lowest BCUT2D eigenvalue weighted by Gasteiger charge is -2.19. The van der Waals surface area contributed by atoms with Gasteiger partial charge in [0.05, 0.1) is 22.4 Å². The van der Waals surface area contributed by atoms with E-state index in [0.29, 0.717) is 0 Å². The number of fused-ring (bicyclic) bond motifs is 1. The molecule has 4 nitrogen and oxygen atoms in total. The lowest BCUT2D eigenvalue weighted by molar-refractivity contribution is 1.08. The monoisotopic (exact) mass is 886 g/mol. The minimum absolute atomic E-state index is 0.801. The van der Waals surface area contributed by atoms with Crippen LogP contribution in [0.4, 0.5) is 11.4 Å². The van der Waals surface area contributed by atoms with Crippen molar-refractivity contribution in [2.75, 3.05) is 5.32 Å². The quantitative estimate of drug-likeness (QED) is 0.110. The summed E-state index contributed by atoms with van der Waals surface area (Å²) < 4.78 is 2.29. The number of nitrogens with one attached hydrogen (secondary N) is 1. The van der Waals surface area contributed by atoms with Gasteiger partial charge in [0, 0.05) is 16.8 Å². The number of rotatable bonds is 10. The molecule has 1 aromatic heterocycles. The molecule has 1 heterocycles. The molecule has 330 valence electrons.